The molecule has 0 aromatic carbocycles. The minimum absolute atomic E-state index is 1.20. The summed E-state index contributed by atoms with van der Waals surface area (Å²) in [6.07, 6.45) is 14.0. The quantitative estimate of drug-likeness (QED) is 0.366. The van der Waals surface area contributed by atoms with E-state index < -0.39 is 0 Å². The van der Waals surface area contributed by atoms with Crippen LogP contribution in [0.15, 0.2) is 12.2 Å². The van der Waals surface area contributed by atoms with Crippen LogP contribution in [0.25, 0.3) is 0 Å². The van der Waals surface area contributed by atoms with Gasteiger partial charge in [-0.15, -0.1) is 0 Å². The van der Waals surface area contributed by atoms with Gasteiger partial charge in [-0.2, -0.15) is 0 Å². The van der Waals surface area contributed by atoms with Gasteiger partial charge in [-0.1, -0.05) is 52.2 Å². The van der Waals surface area contributed by atoms with E-state index in [1.165, 1.54) is 64.6 Å². The number of hydrogen-bond acceptors (Lipinski definition) is 1. The van der Waals surface area contributed by atoms with Crippen LogP contribution < -0.4 is 0 Å². The lowest BCUT2D eigenvalue weighted by atomic mass is 10.1. The summed E-state index contributed by atoms with van der Waals surface area (Å²) in [6, 6.07) is 0. The third-order valence-corrected chi connectivity index (χ3v) is 3.11. The summed E-state index contributed by atoms with van der Waals surface area (Å²) in [6.45, 7) is 10.4. The summed E-state index contributed by atoms with van der Waals surface area (Å²) in [4.78, 5) is 2.52. The standard InChI is InChI=1S/C15H31N/c1-4-7-8-9-10-11-12-13-14-15-16(5-2)6-3/h8-9H,4-7,10-15H2,1-3H3/b9-8+. The Bertz CT molecular complexity index is 148. The van der Waals surface area contributed by atoms with Gasteiger partial charge in [0.05, 0.1) is 0 Å². The van der Waals surface area contributed by atoms with Gasteiger partial charge in [0.1, 0.15) is 0 Å². The Morgan fingerprint density at radius 1 is 0.750 bits per heavy atom. The zero-order valence-electron chi connectivity index (χ0n) is 11.7. The van der Waals surface area contributed by atoms with E-state index in [2.05, 4.69) is 37.8 Å². The highest BCUT2D eigenvalue weighted by Crippen LogP contribution is 2.05. The van der Waals surface area contributed by atoms with E-state index in [0.29, 0.717) is 0 Å². The maximum absolute atomic E-state index is 2.52. The van der Waals surface area contributed by atoms with Crippen molar-refractivity contribution in [3.8, 4) is 0 Å². The monoisotopic (exact) mass is 225 g/mol. The SMILES string of the molecule is CCC/C=C/CCCCCCN(CC)CC. The van der Waals surface area contributed by atoms with Crippen molar-refractivity contribution in [3.63, 3.8) is 0 Å². The molecule has 0 saturated carbocycles. The molecule has 0 aromatic heterocycles. The van der Waals surface area contributed by atoms with Crippen molar-refractivity contribution in [1.29, 1.82) is 0 Å². The van der Waals surface area contributed by atoms with Crippen molar-refractivity contribution in [3.05, 3.63) is 12.2 Å². The Morgan fingerprint density at radius 2 is 1.38 bits per heavy atom. The zero-order chi connectivity index (χ0) is 12.1. The van der Waals surface area contributed by atoms with E-state index in [1.807, 2.05) is 0 Å². The number of nitrogens with zero attached hydrogens (tertiary/aromatic N) is 1. The molecule has 0 spiro atoms. The normalized spacial score (nSPS) is 11.8. The molecule has 0 rings (SSSR count). The highest BCUT2D eigenvalue weighted by atomic mass is 15.1. The maximum Gasteiger partial charge on any atom is -0.00190 e. The molecular formula is C15H31N. The Kier molecular flexibility index (Phi) is 12.5. The fourth-order valence-electron chi connectivity index (χ4n) is 1.89. The first kappa shape index (κ1) is 15.7. The second-order valence-corrected chi connectivity index (χ2v) is 4.49. The predicted octanol–water partition coefficient (Wildman–Crippen LogP) is 4.64. The van der Waals surface area contributed by atoms with Crippen LogP contribution in [0.5, 0.6) is 0 Å². The molecule has 1 heteroatoms. The van der Waals surface area contributed by atoms with Crippen LogP contribution >= 0.6 is 0 Å². The van der Waals surface area contributed by atoms with Gasteiger partial charge in [0.15, 0.2) is 0 Å². The van der Waals surface area contributed by atoms with Crippen molar-refractivity contribution in [1.82, 2.24) is 4.90 Å². The van der Waals surface area contributed by atoms with Crippen LogP contribution in [-0.2, 0) is 0 Å². The summed E-state index contributed by atoms with van der Waals surface area (Å²) in [5.41, 5.74) is 0. The molecule has 0 amide bonds. The Labute approximate surface area is 103 Å². The molecule has 16 heavy (non-hydrogen) atoms. The van der Waals surface area contributed by atoms with Crippen LogP contribution in [0, 0.1) is 0 Å². The molecular weight excluding hydrogens is 194 g/mol. The summed E-state index contributed by atoms with van der Waals surface area (Å²) in [5.74, 6) is 0. The van der Waals surface area contributed by atoms with Crippen LogP contribution in [-0.4, -0.2) is 24.5 Å². The molecule has 96 valence electrons. The predicted molar refractivity (Wildman–Crippen MR) is 74.9 cm³/mol. The van der Waals surface area contributed by atoms with E-state index in [4.69, 9.17) is 0 Å². The minimum atomic E-state index is 1.20. The third-order valence-electron chi connectivity index (χ3n) is 3.11. The molecule has 0 radical (unpaired) electrons. The van der Waals surface area contributed by atoms with Crippen LogP contribution in [0.4, 0.5) is 0 Å². The average Bonchev–Trinajstić information content (AvgIpc) is 2.32. The highest BCUT2D eigenvalue weighted by molar-refractivity contribution is 4.80. The molecule has 0 fully saturated rings. The van der Waals surface area contributed by atoms with Gasteiger partial charge in [-0.3, -0.25) is 0 Å². The van der Waals surface area contributed by atoms with Crippen LogP contribution in [0.3, 0.4) is 0 Å². The molecule has 0 saturated heterocycles. The largest absolute Gasteiger partial charge is 0.304 e. The van der Waals surface area contributed by atoms with Crippen molar-refractivity contribution >= 4 is 0 Å². The molecule has 0 aliphatic carbocycles. The first-order chi connectivity index (χ1) is 7.85. The van der Waals surface area contributed by atoms with E-state index in [1.54, 1.807) is 0 Å². The van der Waals surface area contributed by atoms with Crippen LogP contribution in [0.2, 0.25) is 0 Å². The average molecular weight is 225 g/mol. The van der Waals surface area contributed by atoms with Crippen molar-refractivity contribution < 1.29 is 0 Å². The molecule has 0 aliphatic heterocycles. The van der Waals surface area contributed by atoms with Gasteiger partial charge in [-0.05, 0) is 45.3 Å². The fourth-order valence-corrected chi connectivity index (χ4v) is 1.89. The van der Waals surface area contributed by atoms with Gasteiger partial charge in [-0.25, -0.2) is 0 Å². The Morgan fingerprint density at radius 3 is 2.00 bits per heavy atom. The zero-order valence-corrected chi connectivity index (χ0v) is 11.7. The van der Waals surface area contributed by atoms with Crippen molar-refractivity contribution in [2.75, 3.05) is 19.6 Å². The van der Waals surface area contributed by atoms with Gasteiger partial charge < -0.3 is 4.90 Å². The smallest absolute Gasteiger partial charge is 0.00190 e. The minimum Gasteiger partial charge on any atom is -0.304 e. The maximum atomic E-state index is 2.52. The Balaban J connectivity index is 3.15. The second kappa shape index (κ2) is 12.8. The first-order valence-electron chi connectivity index (χ1n) is 7.22. The van der Waals surface area contributed by atoms with E-state index >= 15 is 0 Å². The molecule has 0 bridgehead atoms. The lowest BCUT2D eigenvalue weighted by Gasteiger charge is -2.17. The van der Waals surface area contributed by atoms with Gasteiger partial charge in [0.25, 0.3) is 0 Å². The number of rotatable bonds is 11. The summed E-state index contributed by atoms with van der Waals surface area (Å²) < 4.78 is 0. The molecule has 0 unspecified atom stereocenters. The summed E-state index contributed by atoms with van der Waals surface area (Å²) >= 11 is 0. The number of allylic oxidation sites excluding steroid dienone is 2. The van der Waals surface area contributed by atoms with E-state index in [-0.39, 0.29) is 0 Å². The lowest BCUT2D eigenvalue weighted by Crippen LogP contribution is -2.23. The first-order valence-corrected chi connectivity index (χ1v) is 7.22. The Hall–Kier alpha value is -0.300. The number of unbranched alkanes of at least 4 members (excludes halogenated alkanes) is 5. The van der Waals surface area contributed by atoms with Crippen LogP contribution in [0.1, 0.15) is 65.7 Å². The van der Waals surface area contributed by atoms with Crippen molar-refractivity contribution in [2.24, 2.45) is 0 Å². The molecule has 0 heterocycles. The van der Waals surface area contributed by atoms with Crippen molar-refractivity contribution in [2.45, 2.75) is 65.7 Å². The second-order valence-electron chi connectivity index (χ2n) is 4.49. The van der Waals surface area contributed by atoms with Gasteiger partial charge in [0, 0.05) is 0 Å². The molecule has 0 aliphatic rings. The van der Waals surface area contributed by atoms with E-state index in [9.17, 15) is 0 Å². The lowest BCUT2D eigenvalue weighted by molar-refractivity contribution is 0.295. The molecule has 1 nitrogen and oxygen atoms in total. The fraction of sp³-hybridized carbons (Fsp3) is 0.867. The van der Waals surface area contributed by atoms with Gasteiger partial charge in [0.2, 0.25) is 0 Å². The number of hydrogen-bond donors (Lipinski definition) is 0. The highest BCUT2D eigenvalue weighted by Gasteiger charge is 1.97. The summed E-state index contributed by atoms with van der Waals surface area (Å²) in [7, 11) is 0. The molecule has 0 aromatic rings. The summed E-state index contributed by atoms with van der Waals surface area (Å²) in [5, 5.41) is 0. The topological polar surface area (TPSA) is 3.24 Å². The third kappa shape index (κ3) is 10.2. The molecule has 0 N–H and O–H groups in total. The van der Waals surface area contributed by atoms with Gasteiger partial charge >= 0.3 is 0 Å². The van der Waals surface area contributed by atoms with E-state index in [0.717, 1.165) is 0 Å². The molecule has 0 atom stereocenters.